The van der Waals surface area contributed by atoms with E-state index in [0.717, 1.165) is 6.42 Å². The molecule has 0 N–H and O–H groups in total. The minimum atomic E-state index is 0.0983. The number of hydrogen-bond acceptors (Lipinski definition) is 0. The second-order valence-corrected chi connectivity index (χ2v) is 16.2. The van der Waals surface area contributed by atoms with E-state index in [1.54, 1.807) is 5.56 Å². The van der Waals surface area contributed by atoms with Gasteiger partial charge >= 0.3 is 0 Å². The van der Waals surface area contributed by atoms with Gasteiger partial charge in [0.1, 0.15) is 0 Å². The molecule has 0 bridgehead atoms. The van der Waals surface area contributed by atoms with E-state index in [-0.39, 0.29) is 27.1 Å². The van der Waals surface area contributed by atoms with Gasteiger partial charge in [-0.15, -0.1) is 0 Å². The molecule has 0 heteroatoms. The van der Waals surface area contributed by atoms with Crippen molar-refractivity contribution in [3.63, 3.8) is 0 Å². The quantitative estimate of drug-likeness (QED) is 0.413. The van der Waals surface area contributed by atoms with Gasteiger partial charge in [-0.25, -0.2) is 0 Å². The molecule has 0 aliphatic carbocycles. The Morgan fingerprint density at radius 2 is 0.914 bits per heavy atom. The first-order valence-electron chi connectivity index (χ1n) is 13.8. The molecule has 0 aliphatic rings. The summed E-state index contributed by atoms with van der Waals surface area (Å²) >= 11 is 0. The average Bonchev–Trinajstić information content (AvgIpc) is 2.63. The second kappa shape index (κ2) is 9.39. The van der Waals surface area contributed by atoms with Crippen molar-refractivity contribution in [2.75, 3.05) is 0 Å². The van der Waals surface area contributed by atoms with E-state index in [1.165, 1.54) is 33.4 Å². The third-order valence-electron chi connectivity index (χ3n) is 7.33. The zero-order valence-corrected chi connectivity index (χ0v) is 26.2. The third-order valence-corrected chi connectivity index (χ3v) is 7.33. The van der Waals surface area contributed by atoms with Gasteiger partial charge in [0.25, 0.3) is 0 Å². The summed E-state index contributed by atoms with van der Waals surface area (Å²) in [6, 6.07) is 12.1. The largest absolute Gasteiger partial charge is 0.0617 e. The van der Waals surface area contributed by atoms with Gasteiger partial charge in [-0.05, 0) is 78.4 Å². The van der Waals surface area contributed by atoms with Crippen molar-refractivity contribution in [2.24, 2.45) is 0 Å². The van der Waals surface area contributed by atoms with Crippen LogP contribution in [0.1, 0.15) is 156 Å². The lowest BCUT2D eigenvalue weighted by Gasteiger charge is -2.38. The maximum atomic E-state index is 2.55. The summed E-state index contributed by atoms with van der Waals surface area (Å²) in [4.78, 5) is 0. The lowest BCUT2D eigenvalue weighted by molar-refractivity contribution is 0.495. The average molecular weight is 477 g/mol. The van der Waals surface area contributed by atoms with Crippen LogP contribution in [0.3, 0.4) is 0 Å². The lowest BCUT2D eigenvalue weighted by Crippen LogP contribution is -2.29. The van der Waals surface area contributed by atoms with Crippen molar-refractivity contribution in [1.82, 2.24) is 0 Å². The third kappa shape index (κ3) is 6.81. The topological polar surface area (TPSA) is 0 Å². The fourth-order valence-corrected chi connectivity index (χ4v) is 5.67. The summed E-state index contributed by atoms with van der Waals surface area (Å²) in [7, 11) is 0. The van der Waals surface area contributed by atoms with Gasteiger partial charge in [0.05, 0.1) is 0 Å². The fourth-order valence-electron chi connectivity index (χ4n) is 5.67. The SMILES string of the molecule is CC(Cc1cccc(C(C)(C)C)c1C(C)(C)C)c1cc(C(C)(C)C)c(C(C)(C)C)c(C(C)(C)C)c1. The van der Waals surface area contributed by atoms with Crippen molar-refractivity contribution >= 4 is 0 Å². The molecule has 196 valence electrons. The normalized spacial score (nSPS) is 14.9. The molecule has 0 saturated heterocycles. The molecule has 1 unspecified atom stereocenters. The highest BCUT2D eigenvalue weighted by Crippen LogP contribution is 2.44. The molecule has 0 aromatic heterocycles. The lowest BCUT2D eigenvalue weighted by atomic mass is 9.67. The highest BCUT2D eigenvalue weighted by atomic mass is 14.4. The van der Waals surface area contributed by atoms with E-state index in [1.807, 2.05) is 0 Å². The molecule has 0 radical (unpaired) electrons. The summed E-state index contributed by atoms with van der Waals surface area (Å²) in [6.45, 7) is 38.0. The standard InChI is InChI=1S/C35H56/c1-23(20-24-18-17-19-26(31(2,3)4)29(24)34(11,12)13)25-21-27(32(5,6)7)30(35(14,15)16)28(22-25)33(8,9)10/h17-19,21-23H,20H2,1-16H3. The van der Waals surface area contributed by atoms with Gasteiger partial charge in [0, 0.05) is 0 Å². The molecule has 0 nitrogen and oxygen atoms in total. The van der Waals surface area contributed by atoms with E-state index in [9.17, 15) is 0 Å². The first kappa shape index (κ1) is 29.7. The Balaban J connectivity index is 2.77. The molecule has 0 heterocycles. The molecular formula is C35H56. The second-order valence-electron chi connectivity index (χ2n) is 16.2. The Hall–Kier alpha value is -1.56. The van der Waals surface area contributed by atoms with Crippen LogP contribution in [0.4, 0.5) is 0 Å². The van der Waals surface area contributed by atoms with Gasteiger partial charge in [-0.2, -0.15) is 0 Å². The molecular weight excluding hydrogens is 420 g/mol. The highest BCUT2D eigenvalue weighted by molar-refractivity contribution is 5.51. The van der Waals surface area contributed by atoms with Gasteiger partial charge in [0.2, 0.25) is 0 Å². The van der Waals surface area contributed by atoms with Crippen LogP contribution < -0.4 is 0 Å². The minimum Gasteiger partial charge on any atom is -0.0617 e. The van der Waals surface area contributed by atoms with E-state index in [2.05, 4.69) is 141 Å². The predicted octanol–water partition coefficient (Wildman–Crippen LogP) is 10.5. The summed E-state index contributed by atoms with van der Waals surface area (Å²) in [5.41, 5.74) is 11.1. The van der Waals surface area contributed by atoms with Crippen molar-refractivity contribution in [3.05, 3.63) is 69.3 Å². The van der Waals surface area contributed by atoms with Gasteiger partial charge in [-0.3, -0.25) is 0 Å². The summed E-state index contributed by atoms with van der Waals surface area (Å²) in [6.07, 6.45) is 1.07. The molecule has 0 spiro atoms. The maximum absolute atomic E-state index is 2.55. The Morgan fingerprint density at radius 1 is 0.514 bits per heavy atom. The molecule has 35 heavy (non-hydrogen) atoms. The monoisotopic (exact) mass is 476 g/mol. The zero-order valence-electron chi connectivity index (χ0n) is 26.2. The summed E-state index contributed by atoms with van der Waals surface area (Å²) in [5.74, 6) is 0.447. The number of rotatable bonds is 3. The zero-order chi connectivity index (χ0) is 27.4. The van der Waals surface area contributed by atoms with Gasteiger partial charge in [0.15, 0.2) is 0 Å². The smallest absolute Gasteiger partial charge is 0.0126 e. The molecule has 2 rings (SSSR count). The van der Waals surface area contributed by atoms with Crippen molar-refractivity contribution in [3.8, 4) is 0 Å². The maximum Gasteiger partial charge on any atom is -0.0126 e. The molecule has 1 atom stereocenters. The molecule has 2 aromatic carbocycles. The summed E-state index contributed by atoms with van der Waals surface area (Å²) in [5, 5.41) is 0. The van der Waals surface area contributed by atoms with Crippen molar-refractivity contribution in [1.29, 1.82) is 0 Å². The van der Waals surface area contributed by atoms with Crippen LogP contribution in [0.5, 0.6) is 0 Å². The first-order valence-corrected chi connectivity index (χ1v) is 13.8. The molecule has 0 aliphatic heterocycles. The van der Waals surface area contributed by atoms with Crippen LogP contribution in [-0.4, -0.2) is 0 Å². The van der Waals surface area contributed by atoms with Crippen LogP contribution in [-0.2, 0) is 33.5 Å². The molecule has 0 fully saturated rings. The Labute approximate surface area is 219 Å². The molecule has 2 aromatic rings. The number of benzene rings is 2. The van der Waals surface area contributed by atoms with E-state index < -0.39 is 0 Å². The fraction of sp³-hybridized carbons (Fsp3) is 0.657. The van der Waals surface area contributed by atoms with Crippen LogP contribution >= 0.6 is 0 Å². The Morgan fingerprint density at radius 3 is 1.26 bits per heavy atom. The van der Waals surface area contributed by atoms with Gasteiger partial charge < -0.3 is 0 Å². The Bertz CT molecular complexity index is 993. The van der Waals surface area contributed by atoms with Crippen molar-refractivity contribution in [2.45, 2.75) is 150 Å². The van der Waals surface area contributed by atoms with E-state index in [0.29, 0.717) is 5.92 Å². The predicted molar refractivity (Wildman–Crippen MR) is 159 cm³/mol. The molecule has 0 amide bonds. The Kier molecular flexibility index (Phi) is 7.96. The van der Waals surface area contributed by atoms with Crippen LogP contribution in [0.25, 0.3) is 0 Å². The first-order chi connectivity index (χ1) is 15.5. The van der Waals surface area contributed by atoms with E-state index >= 15 is 0 Å². The summed E-state index contributed by atoms with van der Waals surface area (Å²) < 4.78 is 0. The van der Waals surface area contributed by atoms with Crippen LogP contribution in [0, 0.1) is 0 Å². The van der Waals surface area contributed by atoms with E-state index in [4.69, 9.17) is 0 Å². The minimum absolute atomic E-state index is 0.0983. The van der Waals surface area contributed by atoms with Gasteiger partial charge in [-0.1, -0.05) is 141 Å². The van der Waals surface area contributed by atoms with Crippen molar-refractivity contribution < 1.29 is 0 Å². The highest BCUT2D eigenvalue weighted by Gasteiger charge is 2.33. The number of hydrogen-bond donors (Lipinski definition) is 0. The van der Waals surface area contributed by atoms with Crippen LogP contribution in [0.2, 0.25) is 0 Å². The molecule has 0 saturated carbocycles. The van der Waals surface area contributed by atoms with Crippen LogP contribution in [0.15, 0.2) is 30.3 Å².